The van der Waals surface area contributed by atoms with E-state index in [1.54, 1.807) is 0 Å². The Labute approximate surface area is 154 Å². The van der Waals surface area contributed by atoms with Gasteiger partial charge >= 0.3 is 12.0 Å². The molecule has 3 heterocycles. The molecule has 0 radical (unpaired) electrons. The van der Waals surface area contributed by atoms with E-state index in [4.69, 9.17) is 0 Å². The Morgan fingerprint density at radius 1 is 1.31 bits per heavy atom. The quantitative estimate of drug-likeness (QED) is 0.855. The molecule has 0 unspecified atom stereocenters. The first-order valence-electron chi connectivity index (χ1n) is 8.85. The maximum atomic E-state index is 12.4. The van der Waals surface area contributed by atoms with Crippen molar-refractivity contribution in [3.8, 4) is 10.4 Å². The van der Waals surface area contributed by atoms with Crippen LogP contribution in [0.4, 0.5) is 9.93 Å². The Morgan fingerprint density at radius 2 is 2.12 bits per heavy atom. The fourth-order valence-electron chi connectivity index (χ4n) is 3.45. The summed E-state index contributed by atoms with van der Waals surface area (Å²) in [6.07, 6.45) is 8.67. The molecule has 0 spiro atoms. The molecule has 2 aromatic rings. The zero-order valence-corrected chi connectivity index (χ0v) is 15.3. The highest BCUT2D eigenvalue weighted by Gasteiger charge is 2.34. The van der Waals surface area contributed by atoms with Gasteiger partial charge in [0.05, 0.1) is 22.8 Å². The van der Waals surface area contributed by atoms with Crippen molar-refractivity contribution in [3.05, 3.63) is 18.1 Å². The highest BCUT2D eigenvalue weighted by Crippen LogP contribution is 2.36. The number of nitrogens with one attached hydrogen (secondary N) is 1. The average Bonchev–Trinajstić information content (AvgIpc) is 3.24. The van der Waals surface area contributed by atoms with Gasteiger partial charge in [0, 0.05) is 18.3 Å². The number of rotatable bonds is 4. The first-order chi connectivity index (χ1) is 12.5. The molecule has 2 amide bonds. The number of urea groups is 1. The van der Waals surface area contributed by atoms with E-state index in [-0.39, 0.29) is 0 Å². The van der Waals surface area contributed by atoms with Crippen molar-refractivity contribution in [2.75, 3.05) is 11.9 Å². The number of aromatic nitrogens is 3. The number of hydrogen-bond donors (Lipinski definition) is 2. The monoisotopic (exact) mass is 375 g/mol. The van der Waals surface area contributed by atoms with E-state index in [1.807, 2.05) is 24.0 Å². The van der Waals surface area contributed by atoms with Crippen LogP contribution in [0.1, 0.15) is 43.8 Å². The maximum Gasteiger partial charge on any atom is 0.326 e. The molecule has 1 saturated carbocycles. The minimum Gasteiger partial charge on any atom is -0.480 e. The smallest absolute Gasteiger partial charge is 0.326 e. The summed E-state index contributed by atoms with van der Waals surface area (Å²) in [6.45, 7) is 2.35. The molecule has 1 aliphatic heterocycles. The third kappa shape index (κ3) is 3.07. The second-order valence-corrected chi connectivity index (χ2v) is 7.85. The third-order valence-corrected chi connectivity index (χ3v) is 6.24. The lowest BCUT2D eigenvalue weighted by Crippen LogP contribution is -2.42. The van der Waals surface area contributed by atoms with E-state index in [1.165, 1.54) is 35.5 Å². The zero-order chi connectivity index (χ0) is 18.3. The normalized spacial score (nSPS) is 20.2. The summed E-state index contributed by atoms with van der Waals surface area (Å²) in [5.74, 6) is -0.961. The highest BCUT2D eigenvalue weighted by molar-refractivity contribution is 7.19. The van der Waals surface area contributed by atoms with Crippen molar-refractivity contribution in [1.82, 2.24) is 19.7 Å². The van der Waals surface area contributed by atoms with Gasteiger partial charge in [-0.1, -0.05) is 11.3 Å². The van der Waals surface area contributed by atoms with E-state index < -0.39 is 18.0 Å². The SMILES string of the molecule is Cc1nc(NC(=O)N2CCC[C@H]2C(=O)O)sc1-c1cnn(C2CCC2)c1. The van der Waals surface area contributed by atoms with Gasteiger partial charge in [-0.2, -0.15) is 5.10 Å². The molecule has 2 N–H and O–H groups in total. The minimum absolute atomic E-state index is 0.402. The van der Waals surface area contributed by atoms with Crippen LogP contribution in [-0.4, -0.2) is 49.4 Å². The number of likely N-dealkylation sites (tertiary alicyclic amines) is 1. The van der Waals surface area contributed by atoms with Crippen LogP contribution in [0.25, 0.3) is 10.4 Å². The summed E-state index contributed by atoms with van der Waals surface area (Å²) >= 11 is 1.39. The lowest BCUT2D eigenvalue weighted by Gasteiger charge is -2.25. The number of carbonyl (C=O) groups excluding carboxylic acids is 1. The molecule has 0 bridgehead atoms. The first kappa shape index (κ1) is 17.0. The summed E-state index contributed by atoms with van der Waals surface area (Å²) in [6, 6.07) is -0.657. The van der Waals surface area contributed by atoms with Gasteiger partial charge in [0.1, 0.15) is 6.04 Å². The molecular weight excluding hydrogens is 354 g/mol. The molecule has 2 fully saturated rings. The lowest BCUT2D eigenvalue weighted by molar-refractivity contribution is -0.141. The van der Waals surface area contributed by atoms with Crippen molar-refractivity contribution in [2.45, 2.75) is 51.1 Å². The van der Waals surface area contributed by atoms with Crippen LogP contribution in [0.15, 0.2) is 12.4 Å². The Hall–Kier alpha value is -2.42. The fourth-order valence-corrected chi connectivity index (χ4v) is 4.38. The number of carbonyl (C=O) groups is 2. The number of aliphatic carboxylic acids is 1. The van der Waals surface area contributed by atoms with Gasteiger partial charge in [-0.3, -0.25) is 10.00 Å². The van der Waals surface area contributed by atoms with Crippen molar-refractivity contribution in [3.63, 3.8) is 0 Å². The van der Waals surface area contributed by atoms with E-state index in [0.717, 1.165) is 16.1 Å². The van der Waals surface area contributed by atoms with Crippen molar-refractivity contribution < 1.29 is 14.7 Å². The average molecular weight is 375 g/mol. The Morgan fingerprint density at radius 3 is 2.81 bits per heavy atom. The van der Waals surface area contributed by atoms with Gasteiger partial charge in [0.25, 0.3) is 0 Å². The van der Waals surface area contributed by atoms with Gasteiger partial charge < -0.3 is 10.0 Å². The Balaban J connectivity index is 1.48. The van der Waals surface area contributed by atoms with Crippen LogP contribution in [0.3, 0.4) is 0 Å². The highest BCUT2D eigenvalue weighted by atomic mass is 32.1. The summed E-state index contributed by atoms with van der Waals surface area (Å²) in [5, 5.41) is 16.9. The van der Waals surface area contributed by atoms with E-state index in [0.29, 0.717) is 30.6 Å². The number of carboxylic acids is 1. The van der Waals surface area contributed by atoms with Gasteiger partial charge in [0.15, 0.2) is 5.13 Å². The fraction of sp³-hybridized carbons (Fsp3) is 0.529. The molecule has 1 saturated heterocycles. The molecule has 26 heavy (non-hydrogen) atoms. The molecule has 1 aliphatic carbocycles. The topological polar surface area (TPSA) is 100 Å². The molecule has 1 atom stereocenters. The lowest BCUT2D eigenvalue weighted by atomic mass is 9.93. The van der Waals surface area contributed by atoms with Crippen LogP contribution in [-0.2, 0) is 4.79 Å². The van der Waals surface area contributed by atoms with Crippen LogP contribution in [0.5, 0.6) is 0 Å². The van der Waals surface area contributed by atoms with Crippen molar-refractivity contribution in [1.29, 1.82) is 0 Å². The van der Waals surface area contributed by atoms with Crippen molar-refractivity contribution >= 4 is 28.5 Å². The molecule has 138 valence electrons. The summed E-state index contributed by atoms with van der Waals surface area (Å²) < 4.78 is 2.01. The number of thiazole rings is 1. The first-order valence-corrected chi connectivity index (χ1v) is 9.67. The Kier molecular flexibility index (Phi) is 4.39. The summed E-state index contributed by atoms with van der Waals surface area (Å²) in [5.41, 5.74) is 1.83. The third-order valence-electron chi connectivity index (χ3n) is 5.12. The van der Waals surface area contributed by atoms with E-state index in [9.17, 15) is 14.7 Å². The number of aryl methyl sites for hydroxylation is 1. The largest absolute Gasteiger partial charge is 0.480 e. The predicted molar refractivity (Wildman–Crippen MR) is 97.3 cm³/mol. The van der Waals surface area contributed by atoms with Gasteiger partial charge in [0.2, 0.25) is 0 Å². The second kappa shape index (κ2) is 6.71. The molecule has 8 nitrogen and oxygen atoms in total. The second-order valence-electron chi connectivity index (χ2n) is 6.85. The molecule has 2 aromatic heterocycles. The van der Waals surface area contributed by atoms with Crippen LogP contribution in [0, 0.1) is 6.92 Å². The van der Waals surface area contributed by atoms with Gasteiger partial charge in [-0.15, -0.1) is 0 Å². The molecule has 0 aromatic carbocycles. The van der Waals surface area contributed by atoms with Crippen molar-refractivity contribution in [2.24, 2.45) is 0 Å². The zero-order valence-electron chi connectivity index (χ0n) is 14.5. The molecule has 4 rings (SSSR count). The number of carboxylic acid groups (broad SMARTS) is 1. The van der Waals surface area contributed by atoms with Gasteiger partial charge in [-0.05, 0) is 39.0 Å². The minimum atomic E-state index is -0.961. The van der Waals surface area contributed by atoms with Crippen LogP contribution >= 0.6 is 11.3 Å². The number of hydrogen-bond acceptors (Lipinski definition) is 5. The molecule has 2 aliphatic rings. The van der Waals surface area contributed by atoms with Crippen LogP contribution < -0.4 is 5.32 Å². The molecular formula is C17H21N5O3S. The number of amides is 2. The van der Waals surface area contributed by atoms with E-state index in [2.05, 4.69) is 15.4 Å². The number of anilines is 1. The molecule has 9 heteroatoms. The summed E-state index contributed by atoms with van der Waals surface area (Å²) in [7, 11) is 0. The number of nitrogens with zero attached hydrogens (tertiary/aromatic N) is 4. The predicted octanol–water partition coefficient (Wildman–Crippen LogP) is 3.12. The van der Waals surface area contributed by atoms with Gasteiger partial charge in [-0.25, -0.2) is 14.6 Å². The standard InChI is InChI=1S/C17H21N5O3S/c1-10-14(11-8-18-22(9-11)12-4-2-5-12)26-16(19-10)20-17(25)21-7-3-6-13(21)15(23)24/h8-9,12-13H,2-7H2,1H3,(H,23,24)(H,19,20,25)/t13-/m0/s1. The maximum absolute atomic E-state index is 12.4. The Bertz CT molecular complexity index is 841. The van der Waals surface area contributed by atoms with Crippen LogP contribution in [0.2, 0.25) is 0 Å². The van der Waals surface area contributed by atoms with E-state index >= 15 is 0 Å². The summed E-state index contributed by atoms with van der Waals surface area (Å²) in [4.78, 5) is 30.5.